The molecule has 0 radical (unpaired) electrons. The van der Waals surface area contributed by atoms with Gasteiger partial charge in [0.05, 0.1) is 25.2 Å². The van der Waals surface area contributed by atoms with Crippen LogP contribution in [0, 0.1) is 10.1 Å². The fourth-order valence-corrected chi connectivity index (χ4v) is 3.51. The predicted molar refractivity (Wildman–Crippen MR) is 105 cm³/mol. The summed E-state index contributed by atoms with van der Waals surface area (Å²) in [5.41, 5.74) is 1.74. The number of hydrogen-bond donors (Lipinski definition) is 0. The summed E-state index contributed by atoms with van der Waals surface area (Å²) in [6, 6.07) is 10.9. The molecule has 0 N–H and O–H groups in total. The Morgan fingerprint density at radius 1 is 1.07 bits per heavy atom. The Labute approximate surface area is 163 Å². The van der Waals surface area contributed by atoms with Gasteiger partial charge in [-0.3, -0.25) is 15.0 Å². The first-order valence-electron chi connectivity index (χ1n) is 8.64. The lowest BCUT2D eigenvalue weighted by atomic mass is 10.1. The summed E-state index contributed by atoms with van der Waals surface area (Å²) in [7, 11) is 2.99. The van der Waals surface area contributed by atoms with E-state index in [2.05, 4.69) is 11.0 Å². The van der Waals surface area contributed by atoms with E-state index in [1.54, 1.807) is 6.07 Å². The summed E-state index contributed by atoms with van der Waals surface area (Å²) in [6.45, 7) is 3.80. The molecule has 1 fully saturated rings. The predicted octanol–water partition coefficient (Wildman–Crippen LogP) is 3.59. The first kappa shape index (κ1) is 19.3. The van der Waals surface area contributed by atoms with Crippen molar-refractivity contribution in [3.63, 3.8) is 0 Å². The van der Waals surface area contributed by atoms with Gasteiger partial charge >= 0.3 is 0 Å². The van der Waals surface area contributed by atoms with E-state index in [9.17, 15) is 10.1 Å². The lowest BCUT2D eigenvalue weighted by Gasteiger charge is -2.36. The highest BCUT2D eigenvalue weighted by Crippen LogP contribution is 2.39. The highest BCUT2D eigenvalue weighted by Gasteiger charge is 2.26. The van der Waals surface area contributed by atoms with Crippen LogP contribution in [0.25, 0.3) is 0 Å². The van der Waals surface area contributed by atoms with Crippen molar-refractivity contribution in [3.8, 4) is 11.5 Å². The molecule has 0 aromatic heterocycles. The number of anilines is 1. The van der Waals surface area contributed by atoms with Gasteiger partial charge in [-0.25, -0.2) is 0 Å². The highest BCUT2D eigenvalue weighted by atomic mass is 35.5. The monoisotopic (exact) mass is 391 g/mol. The van der Waals surface area contributed by atoms with Gasteiger partial charge in [-0.05, 0) is 17.7 Å². The third-order valence-electron chi connectivity index (χ3n) is 4.69. The zero-order valence-electron chi connectivity index (χ0n) is 15.4. The Morgan fingerprint density at radius 3 is 2.33 bits per heavy atom. The van der Waals surface area contributed by atoms with E-state index in [0.717, 1.165) is 30.2 Å². The third-order valence-corrected chi connectivity index (χ3v) is 4.92. The molecule has 0 atom stereocenters. The lowest BCUT2D eigenvalue weighted by Crippen LogP contribution is -2.46. The van der Waals surface area contributed by atoms with Gasteiger partial charge in [-0.2, -0.15) is 0 Å². The van der Waals surface area contributed by atoms with Crippen molar-refractivity contribution in [2.75, 3.05) is 45.3 Å². The second-order valence-electron chi connectivity index (χ2n) is 6.35. The van der Waals surface area contributed by atoms with Crippen molar-refractivity contribution in [3.05, 3.63) is 57.1 Å². The number of rotatable bonds is 6. The van der Waals surface area contributed by atoms with Gasteiger partial charge in [0.1, 0.15) is 5.69 Å². The van der Waals surface area contributed by atoms with Crippen molar-refractivity contribution in [2.45, 2.75) is 6.54 Å². The van der Waals surface area contributed by atoms with Gasteiger partial charge in [0.25, 0.3) is 5.69 Å². The van der Waals surface area contributed by atoms with Crippen LogP contribution in [0.1, 0.15) is 5.56 Å². The molecule has 8 heteroatoms. The molecule has 27 heavy (non-hydrogen) atoms. The van der Waals surface area contributed by atoms with E-state index < -0.39 is 0 Å². The number of nitrogens with zero attached hydrogens (tertiary/aromatic N) is 3. The Hall–Kier alpha value is -2.51. The minimum atomic E-state index is -0.379. The number of ether oxygens (including phenoxy) is 2. The van der Waals surface area contributed by atoms with Gasteiger partial charge < -0.3 is 14.4 Å². The zero-order valence-corrected chi connectivity index (χ0v) is 16.1. The van der Waals surface area contributed by atoms with E-state index >= 15 is 0 Å². The lowest BCUT2D eigenvalue weighted by molar-refractivity contribution is -0.384. The summed E-state index contributed by atoms with van der Waals surface area (Å²) < 4.78 is 10.5. The van der Waals surface area contributed by atoms with E-state index in [1.807, 2.05) is 23.1 Å². The maximum Gasteiger partial charge on any atom is 0.296 e. The smallest absolute Gasteiger partial charge is 0.296 e. The second-order valence-corrected chi connectivity index (χ2v) is 6.78. The topological polar surface area (TPSA) is 68.1 Å². The minimum absolute atomic E-state index is 0.0240. The molecule has 7 nitrogen and oxygen atoms in total. The minimum Gasteiger partial charge on any atom is -0.493 e. The molecular weight excluding hydrogens is 370 g/mol. The molecule has 0 spiro atoms. The van der Waals surface area contributed by atoms with Gasteiger partial charge in [-0.1, -0.05) is 23.7 Å². The molecule has 0 amide bonds. The van der Waals surface area contributed by atoms with Crippen LogP contribution >= 0.6 is 11.6 Å². The van der Waals surface area contributed by atoms with Gasteiger partial charge in [0, 0.05) is 43.8 Å². The highest BCUT2D eigenvalue weighted by molar-refractivity contribution is 6.30. The Balaban J connectivity index is 1.74. The van der Waals surface area contributed by atoms with E-state index in [1.165, 1.54) is 20.3 Å². The van der Waals surface area contributed by atoms with E-state index in [0.29, 0.717) is 30.3 Å². The van der Waals surface area contributed by atoms with Crippen molar-refractivity contribution >= 4 is 23.0 Å². The normalized spacial score (nSPS) is 14.9. The third kappa shape index (κ3) is 4.43. The zero-order chi connectivity index (χ0) is 19.4. The molecule has 3 rings (SSSR count). The van der Waals surface area contributed by atoms with E-state index in [-0.39, 0.29) is 10.6 Å². The summed E-state index contributed by atoms with van der Waals surface area (Å²) in [4.78, 5) is 15.5. The van der Waals surface area contributed by atoms with Crippen LogP contribution < -0.4 is 14.4 Å². The fourth-order valence-electron chi connectivity index (χ4n) is 3.30. The van der Waals surface area contributed by atoms with Gasteiger partial charge in [-0.15, -0.1) is 0 Å². The van der Waals surface area contributed by atoms with Crippen LogP contribution in [0.2, 0.25) is 5.02 Å². The second kappa shape index (κ2) is 8.45. The van der Waals surface area contributed by atoms with Crippen LogP contribution in [0.3, 0.4) is 0 Å². The quantitative estimate of drug-likeness (QED) is 0.553. The van der Waals surface area contributed by atoms with Crippen LogP contribution in [0.5, 0.6) is 11.5 Å². The standard InChI is InChI=1S/C19H22ClN3O4/c1-26-18-11-16(17(23(24)25)12-19(18)27-2)22-8-6-21(7-9-22)13-14-4-3-5-15(20)10-14/h3-5,10-12H,6-9,13H2,1-2H3. The summed E-state index contributed by atoms with van der Waals surface area (Å²) in [5, 5.41) is 12.3. The number of hydrogen-bond acceptors (Lipinski definition) is 6. The molecule has 2 aromatic rings. The summed E-state index contributed by atoms with van der Waals surface area (Å²) >= 11 is 6.05. The molecular formula is C19H22ClN3O4. The SMILES string of the molecule is COc1cc(N2CCN(Cc3cccc(Cl)c3)CC2)c([N+](=O)[O-])cc1OC. The number of methoxy groups -OCH3 is 2. The average Bonchev–Trinajstić information content (AvgIpc) is 2.67. The van der Waals surface area contributed by atoms with Crippen LogP contribution in [-0.4, -0.2) is 50.2 Å². The van der Waals surface area contributed by atoms with E-state index in [4.69, 9.17) is 21.1 Å². The number of nitro benzene ring substituents is 1. The number of halogens is 1. The van der Waals surface area contributed by atoms with Gasteiger partial charge in [0.15, 0.2) is 11.5 Å². The molecule has 1 aliphatic rings. The largest absolute Gasteiger partial charge is 0.493 e. The van der Waals surface area contributed by atoms with Crippen LogP contribution in [0.15, 0.2) is 36.4 Å². The molecule has 1 heterocycles. The van der Waals surface area contributed by atoms with Crippen molar-refractivity contribution in [2.24, 2.45) is 0 Å². The Morgan fingerprint density at radius 2 is 1.74 bits per heavy atom. The average molecular weight is 392 g/mol. The van der Waals surface area contributed by atoms with Crippen LogP contribution in [0.4, 0.5) is 11.4 Å². The van der Waals surface area contributed by atoms with Crippen molar-refractivity contribution in [1.82, 2.24) is 4.90 Å². The molecule has 1 saturated heterocycles. The Kier molecular flexibility index (Phi) is 6.03. The van der Waals surface area contributed by atoms with Crippen LogP contribution in [-0.2, 0) is 6.54 Å². The summed E-state index contributed by atoms with van der Waals surface area (Å²) in [5.74, 6) is 0.840. The number of piperazine rings is 1. The van der Waals surface area contributed by atoms with Gasteiger partial charge in [0.2, 0.25) is 0 Å². The molecule has 0 saturated carbocycles. The molecule has 2 aromatic carbocycles. The number of nitro groups is 1. The molecule has 0 aliphatic carbocycles. The Bertz CT molecular complexity index is 823. The molecule has 0 unspecified atom stereocenters. The van der Waals surface area contributed by atoms with Crippen molar-refractivity contribution in [1.29, 1.82) is 0 Å². The first-order chi connectivity index (χ1) is 13.0. The molecule has 1 aliphatic heterocycles. The summed E-state index contributed by atoms with van der Waals surface area (Å²) in [6.07, 6.45) is 0. The fraction of sp³-hybridized carbons (Fsp3) is 0.368. The first-order valence-corrected chi connectivity index (χ1v) is 9.01. The van der Waals surface area contributed by atoms with Crippen molar-refractivity contribution < 1.29 is 14.4 Å². The maximum absolute atomic E-state index is 11.5. The molecule has 144 valence electrons. The maximum atomic E-state index is 11.5. The molecule has 0 bridgehead atoms. The number of benzene rings is 2.